The van der Waals surface area contributed by atoms with Crippen molar-refractivity contribution in [2.24, 2.45) is 5.10 Å². The summed E-state index contributed by atoms with van der Waals surface area (Å²) in [6.07, 6.45) is 1.39. The van der Waals surface area contributed by atoms with Crippen molar-refractivity contribution in [3.05, 3.63) is 69.7 Å². The number of nitrogens with zero attached hydrogens (tertiary/aromatic N) is 1. The van der Waals surface area contributed by atoms with E-state index in [0.717, 1.165) is 10.8 Å². The van der Waals surface area contributed by atoms with E-state index in [2.05, 4.69) is 10.5 Å². The van der Waals surface area contributed by atoms with Crippen LogP contribution in [0.3, 0.4) is 0 Å². The van der Waals surface area contributed by atoms with Gasteiger partial charge in [-0.15, -0.1) is 0 Å². The summed E-state index contributed by atoms with van der Waals surface area (Å²) in [7, 11) is 1.50. The Morgan fingerprint density at radius 1 is 1.06 bits per heavy atom. The molecule has 0 bridgehead atoms. The molecule has 9 heteroatoms. The Bertz CT molecular complexity index is 1160. The lowest BCUT2D eigenvalue weighted by atomic mass is 10.1. The van der Waals surface area contributed by atoms with Crippen LogP contribution in [0.1, 0.15) is 22.8 Å². The van der Waals surface area contributed by atoms with Crippen molar-refractivity contribution < 1.29 is 23.8 Å². The predicted octanol–water partition coefficient (Wildman–Crippen LogP) is 4.86. The van der Waals surface area contributed by atoms with E-state index < -0.39 is 11.9 Å². The molecule has 0 aromatic heterocycles. The third-order valence-corrected chi connectivity index (χ3v) is 4.91. The Labute approximate surface area is 194 Å². The molecule has 0 radical (unpaired) electrons. The van der Waals surface area contributed by atoms with Crippen LogP contribution in [0, 0.1) is 0 Å². The fourth-order valence-electron chi connectivity index (χ4n) is 2.92. The van der Waals surface area contributed by atoms with Crippen molar-refractivity contribution >= 4 is 52.1 Å². The maximum atomic E-state index is 12.6. The van der Waals surface area contributed by atoms with E-state index >= 15 is 0 Å². The van der Waals surface area contributed by atoms with Gasteiger partial charge in [-0.2, -0.15) is 5.10 Å². The molecule has 0 aliphatic carbocycles. The topological polar surface area (TPSA) is 86.2 Å². The van der Waals surface area contributed by atoms with Crippen LogP contribution in [0.5, 0.6) is 11.5 Å². The number of benzene rings is 3. The van der Waals surface area contributed by atoms with E-state index in [9.17, 15) is 9.59 Å². The third kappa shape index (κ3) is 5.69. The number of amides is 1. The monoisotopic (exact) mass is 474 g/mol. The highest BCUT2D eigenvalue weighted by atomic mass is 35.5. The van der Waals surface area contributed by atoms with Crippen molar-refractivity contribution in [1.82, 2.24) is 5.43 Å². The normalized spacial score (nSPS) is 10.9. The van der Waals surface area contributed by atoms with Gasteiger partial charge in [0, 0.05) is 0 Å². The van der Waals surface area contributed by atoms with Gasteiger partial charge in [0.2, 0.25) is 0 Å². The van der Waals surface area contributed by atoms with Gasteiger partial charge in [0.05, 0.1) is 35.5 Å². The van der Waals surface area contributed by atoms with E-state index in [-0.39, 0.29) is 29.0 Å². The SMILES string of the molecule is CCOC(=O)COc1c(Cl)cc(C=NNC(=O)c2cc3ccccc3cc2OC)cc1Cl. The van der Waals surface area contributed by atoms with E-state index in [1.807, 2.05) is 24.3 Å². The molecular formula is C23H20Cl2N2O5. The molecule has 0 spiro atoms. The minimum Gasteiger partial charge on any atom is -0.496 e. The number of methoxy groups -OCH3 is 1. The molecule has 0 atom stereocenters. The zero-order chi connectivity index (χ0) is 23.1. The number of fused-ring (bicyclic) bond motifs is 1. The Morgan fingerprint density at radius 3 is 2.34 bits per heavy atom. The molecule has 0 aliphatic heterocycles. The highest BCUT2D eigenvalue weighted by Crippen LogP contribution is 2.34. The Kier molecular flexibility index (Phi) is 7.92. The highest BCUT2D eigenvalue weighted by molar-refractivity contribution is 6.37. The van der Waals surface area contributed by atoms with Gasteiger partial charge in [-0.3, -0.25) is 4.79 Å². The first-order chi connectivity index (χ1) is 15.4. The summed E-state index contributed by atoms with van der Waals surface area (Å²) in [5.41, 5.74) is 3.34. The Morgan fingerprint density at radius 2 is 1.72 bits per heavy atom. The minimum atomic E-state index is -0.530. The highest BCUT2D eigenvalue weighted by Gasteiger charge is 2.14. The minimum absolute atomic E-state index is 0.156. The molecule has 166 valence electrons. The molecule has 0 heterocycles. The molecule has 1 N–H and O–H groups in total. The van der Waals surface area contributed by atoms with Gasteiger partial charge in [-0.1, -0.05) is 47.5 Å². The lowest BCUT2D eigenvalue weighted by Gasteiger charge is -2.10. The van der Waals surface area contributed by atoms with E-state index in [4.69, 9.17) is 37.4 Å². The molecule has 3 rings (SSSR count). The van der Waals surface area contributed by atoms with Gasteiger partial charge in [-0.05, 0) is 47.5 Å². The largest absolute Gasteiger partial charge is 0.496 e. The molecule has 3 aromatic carbocycles. The first kappa shape index (κ1) is 23.4. The van der Waals surface area contributed by atoms with Crippen LogP contribution in [0.25, 0.3) is 10.8 Å². The summed E-state index contributed by atoms with van der Waals surface area (Å²) in [4.78, 5) is 24.1. The number of hydrazone groups is 1. The number of hydrogen-bond donors (Lipinski definition) is 1. The summed E-state index contributed by atoms with van der Waals surface area (Å²) < 4.78 is 15.5. The fourth-order valence-corrected chi connectivity index (χ4v) is 3.53. The Balaban J connectivity index is 1.71. The lowest BCUT2D eigenvalue weighted by molar-refractivity contribution is -0.145. The van der Waals surface area contributed by atoms with Gasteiger partial charge >= 0.3 is 5.97 Å². The number of carbonyl (C=O) groups excluding carboxylic acids is 2. The first-order valence-corrected chi connectivity index (χ1v) is 10.4. The van der Waals surface area contributed by atoms with Gasteiger partial charge in [0.1, 0.15) is 5.75 Å². The number of nitrogens with one attached hydrogen (secondary N) is 1. The standard InChI is InChI=1S/C23H20Cl2N2O5/c1-3-31-21(28)13-32-22-18(24)8-14(9-19(22)25)12-26-27-23(29)17-10-15-6-4-5-7-16(15)11-20(17)30-2/h4-12H,3,13H2,1-2H3,(H,27,29). The number of hydrogen-bond acceptors (Lipinski definition) is 6. The molecule has 32 heavy (non-hydrogen) atoms. The average molecular weight is 475 g/mol. The second-order valence-corrected chi connectivity index (χ2v) is 7.32. The first-order valence-electron chi connectivity index (χ1n) is 9.60. The third-order valence-electron chi connectivity index (χ3n) is 4.35. The zero-order valence-electron chi connectivity index (χ0n) is 17.4. The Hall–Kier alpha value is -3.29. The molecule has 7 nitrogen and oxygen atoms in total. The van der Waals surface area contributed by atoms with Crippen molar-refractivity contribution in [3.8, 4) is 11.5 Å². The van der Waals surface area contributed by atoms with Crippen LogP contribution in [0.4, 0.5) is 0 Å². The lowest BCUT2D eigenvalue weighted by Crippen LogP contribution is -2.18. The molecular weight excluding hydrogens is 455 g/mol. The maximum absolute atomic E-state index is 12.6. The van der Waals surface area contributed by atoms with Crippen LogP contribution in [-0.2, 0) is 9.53 Å². The van der Waals surface area contributed by atoms with Gasteiger partial charge in [-0.25, -0.2) is 10.2 Å². The van der Waals surface area contributed by atoms with Crippen molar-refractivity contribution in [1.29, 1.82) is 0 Å². The summed E-state index contributed by atoms with van der Waals surface area (Å²) >= 11 is 12.4. The van der Waals surface area contributed by atoms with E-state index in [0.29, 0.717) is 16.9 Å². The maximum Gasteiger partial charge on any atom is 0.344 e. The average Bonchev–Trinajstić information content (AvgIpc) is 2.77. The zero-order valence-corrected chi connectivity index (χ0v) is 18.9. The summed E-state index contributed by atoms with van der Waals surface area (Å²) in [6.45, 7) is 1.63. The summed E-state index contributed by atoms with van der Waals surface area (Å²) in [5, 5.41) is 6.20. The summed E-state index contributed by atoms with van der Waals surface area (Å²) in [6, 6.07) is 14.3. The number of esters is 1. The quantitative estimate of drug-likeness (QED) is 0.286. The molecule has 0 unspecified atom stereocenters. The number of rotatable bonds is 8. The molecule has 0 saturated heterocycles. The predicted molar refractivity (Wildman–Crippen MR) is 124 cm³/mol. The van der Waals surface area contributed by atoms with Crippen LogP contribution in [0.2, 0.25) is 10.0 Å². The number of ether oxygens (including phenoxy) is 3. The number of halogens is 2. The van der Waals surface area contributed by atoms with Crippen molar-refractivity contribution in [3.63, 3.8) is 0 Å². The molecule has 0 aliphatic rings. The molecule has 1 amide bonds. The molecule has 0 saturated carbocycles. The second kappa shape index (κ2) is 10.8. The van der Waals surface area contributed by atoms with E-state index in [1.165, 1.54) is 13.3 Å². The molecule has 0 fully saturated rings. The number of carbonyl (C=O) groups is 2. The van der Waals surface area contributed by atoms with Crippen molar-refractivity contribution in [2.45, 2.75) is 6.92 Å². The second-order valence-electron chi connectivity index (χ2n) is 6.51. The van der Waals surface area contributed by atoms with Crippen molar-refractivity contribution in [2.75, 3.05) is 20.3 Å². The van der Waals surface area contributed by atoms with Crippen LogP contribution in [0.15, 0.2) is 53.6 Å². The van der Waals surface area contributed by atoms with Gasteiger partial charge in [0.25, 0.3) is 5.91 Å². The van der Waals surface area contributed by atoms with Crippen LogP contribution >= 0.6 is 23.2 Å². The molecule has 3 aromatic rings. The van der Waals surface area contributed by atoms with Gasteiger partial charge in [0.15, 0.2) is 12.4 Å². The fraction of sp³-hybridized carbons (Fsp3) is 0.174. The smallest absolute Gasteiger partial charge is 0.344 e. The van der Waals surface area contributed by atoms with E-state index in [1.54, 1.807) is 31.2 Å². The van der Waals surface area contributed by atoms with Crippen LogP contribution < -0.4 is 14.9 Å². The van der Waals surface area contributed by atoms with Gasteiger partial charge < -0.3 is 14.2 Å². The van der Waals surface area contributed by atoms with Crippen LogP contribution in [-0.4, -0.2) is 38.4 Å². The summed E-state index contributed by atoms with van der Waals surface area (Å²) in [5.74, 6) is -0.374.